The summed E-state index contributed by atoms with van der Waals surface area (Å²) in [6, 6.07) is 11.3. The van der Waals surface area contributed by atoms with Crippen LogP contribution in [0.25, 0.3) is 16.6 Å². The average molecular weight is 445 g/mol. The molecule has 0 amide bonds. The van der Waals surface area contributed by atoms with Crippen molar-refractivity contribution in [3.05, 3.63) is 69.5 Å². The van der Waals surface area contributed by atoms with Gasteiger partial charge < -0.3 is 0 Å². The number of aryl methyl sites for hydroxylation is 1. The molecular formula is C20H18ClFN6OS. The number of fused-ring (bicyclic) bond motifs is 1. The maximum absolute atomic E-state index is 13.7. The van der Waals surface area contributed by atoms with Crippen molar-refractivity contribution < 1.29 is 4.39 Å². The molecule has 10 heteroatoms. The van der Waals surface area contributed by atoms with Crippen molar-refractivity contribution in [3.8, 4) is 5.69 Å². The van der Waals surface area contributed by atoms with Crippen molar-refractivity contribution in [2.24, 2.45) is 0 Å². The number of hydrogen-bond acceptors (Lipinski definition) is 6. The second kappa shape index (κ2) is 8.93. The summed E-state index contributed by atoms with van der Waals surface area (Å²) in [7, 11) is 0. The summed E-state index contributed by atoms with van der Waals surface area (Å²) in [6.07, 6.45) is 2.00. The first-order valence-corrected chi connectivity index (χ1v) is 10.8. The van der Waals surface area contributed by atoms with Gasteiger partial charge in [0.25, 0.3) is 5.56 Å². The number of thioether (sulfide) groups is 1. The molecule has 0 aliphatic carbocycles. The normalized spacial score (nSPS) is 11.3. The van der Waals surface area contributed by atoms with Crippen molar-refractivity contribution in [2.75, 3.05) is 0 Å². The second-order valence-corrected chi connectivity index (χ2v) is 7.96. The van der Waals surface area contributed by atoms with E-state index < -0.39 is 5.82 Å². The molecule has 0 fully saturated rings. The molecule has 0 aliphatic heterocycles. The van der Waals surface area contributed by atoms with E-state index in [2.05, 4.69) is 27.4 Å². The van der Waals surface area contributed by atoms with Gasteiger partial charge in [-0.25, -0.2) is 14.1 Å². The highest BCUT2D eigenvalue weighted by Gasteiger charge is 2.16. The van der Waals surface area contributed by atoms with E-state index in [0.717, 1.165) is 19.4 Å². The summed E-state index contributed by atoms with van der Waals surface area (Å²) < 4.78 is 16.9. The van der Waals surface area contributed by atoms with E-state index in [0.29, 0.717) is 33.3 Å². The zero-order chi connectivity index (χ0) is 21.1. The topological polar surface area (TPSA) is 78.5 Å². The molecule has 0 N–H and O–H groups in total. The van der Waals surface area contributed by atoms with Crippen molar-refractivity contribution in [1.82, 2.24) is 29.8 Å². The van der Waals surface area contributed by atoms with Crippen molar-refractivity contribution in [3.63, 3.8) is 0 Å². The van der Waals surface area contributed by atoms with Gasteiger partial charge in [-0.3, -0.25) is 9.36 Å². The first kappa shape index (κ1) is 20.5. The van der Waals surface area contributed by atoms with Gasteiger partial charge in [-0.2, -0.15) is 0 Å². The average Bonchev–Trinajstić information content (AvgIpc) is 3.20. The van der Waals surface area contributed by atoms with E-state index in [1.165, 1.54) is 34.5 Å². The third-order valence-electron chi connectivity index (χ3n) is 4.57. The summed E-state index contributed by atoms with van der Waals surface area (Å²) in [6.45, 7) is 2.83. The molecule has 0 spiro atoms. The molecule has 0 atom stereocenters. The summed E-state index contributed by atoms with van der Waals surface area (Å²) in [5.41, 5.74) is 0.772. The van der Waals surface area contributed by atoms with Gasteiger partial charge in [-0.05, 0) is 47.2 Å². The number of unbranched alkanes of at least 4 members (excludes halogenated alkanes) is 1. The lowest BCUT2D eigenvalue weighted by Gasteiger charge is -2.13. The quantitative estimate of drug-likeness (QED) is 0.313. The Bertz CT molecular complexity index is 1260. The predicted molar refractivity (Wildman–Crippen MR) is 115 cm³/mol. The van der Waals surface area contributed by atoms with Crippen LogP contribution in [-0.2, 0) is 12.3 Å². The highest BCUT2D eigenvalue weighted by molar-refractivity contribution is 7.98. The Labute approximate surface area is 180 Å². The van der Waals surface area contributed by atoms with Gasteiger partial charge in [0.1, 0.15) is 5.82 Å². The fraction of sp³-hybridized carbons (Fsp3) is 0.250. The summed E-state index contributed by atoms with van der Waals surface area (Å²) in [5.74, 6) is 0.572. The van der Waals surface area contributed by atoms with Crippen LogP contribution in [0, 0.1) is 5.82 Å². The molecule has 0 bridgehead atoms. The van der Waals surface area contributed by atoms with Crippen molar-refractivity contribution in [2.45, 2.75) is 37.2 Å². The van der Waals surface area contributed by atoms with Gasteiger partial charge in [0.05, 0.1) is 27.4 Å². The van der Waals surface area contributed by atoms with Gasteiger partial charge in [0.2, 0.25) is 0 Å². The van der Waals surface area contributed by atoms with Crippen LogP contribution in [0.2, 0.25) is 5.02 Å². The van der Waals surface area contributed by atoms with Crippen LogP contribution in [0.4, 0.5) is 4.39 Å². The zero-order valence-electron chi connectivity index (χ0n) is 16.1. The van der Waals surface area contributed by atoms with E-state index in [9.17, 15) is 9.18 Å². The Morgan fingerprint density at radius 2 is 2.03 bits per heavy atom. The van der Waals surface area contributed by atoms with Crippen LogP contribution in [0.15, 0.2) is 52.4 Å². The second-order valence-electron chi connectivity index (χ2n) is 6.61. The third-order valence-corrected chi connectivity index (χ3v) is 5.79. The summed E-state index contributed by atoms with van der Waals surface area (Å²) in [4.78, 5) is 17.9. The number of nitrogens with zero attached hydrogens (tertiary/aromatic N) is 6. The fourth-order valence-electron chi connectivity index (χ4n) is 3.00. The molecule has 2 aromatic heterocycles. The van der Waals surface area contributed by atoms with Crippen LogP contribution in [0.5, 0.6) is 0 Å². The number of rotatable bonds is 7. The zero-order valence-corrected chi connectivity index (χ0v) is 17.7. The van der Waals surface area contributed by atoms with Crippen molar-refractivity contribution in [1.29, 1.82) is 0 Å². The Kier molecular flexibility index (Phi) is 6.10. The van der Waals surface area contributed by atoms with E-state index in [1.54, 1.807) is 22.9 Å². The lowest BCUT2D eigenvalue weighted by molar-refractivity contribution is 0.540. The van der Waals surface area contributed by atoms with E-state index in [1.807, 2.05) is 6.07 Å². The number of hydrogen-bond donors (Lipinski definition) is 0. The molecule has 0 saturated carbocycles. The SMILES string of the molecule is CCCCn1nnnc1CSc1nc2ccccc2c(=O)n1-c1ccc(F)c(Cl)c1. The van der Waals surface area contributed by atoms with Crippen LogP contribution < -0.4 is 5.56 Å². The van der Waals surface area contributed by atoms with E-state index in [-0.39, 0.29) is 10.6 Å². The first-order chi connectivity index (χ1) is 14.6. The Hall–Kier alpha value is -2.78. The van der Waals surface area contributed by atoms with Gasteiger partial charge in [-0.15, -0.1) is 5.10 Å². The predicted octanol–water partition coefficient (Wildman–Crippen LogP) is 4.26. The smallest absolute Gasteiger partial charge is 0.266 e. The first-order valence-electron chi connectivity index (χ1n) is 9.43. The van der Waals surface area contributed by atoms with E-state index >= 15 is 0 Å². The molecule has 4 rings (SSSR count). The van der Waals surface area contributed by atoms with Crippen molar-refractivity contribution >= 4 is 34.3 Å². The van der Waals surface area contributed by atoms with Crippen LogP contribution in [-0.4, -0.2) is 29.8 Å². The standard InChI is InChI=1S/C20H18ClFN6OS/c1-2-3-10-27-18(24-25-26-27)12-30-20-23-17-7-5-4-6-14(17)19(29)28(20)13-8-9-16(22)15(21)11-13/h4-9,11H,2-3,10,12H2,1H3. The summed E-state index contributed by atoms with van der Waals surface area (Å²) in [5, 5.41) is 12.7. The Balaban J connectivity index is 1.77. The minimum atomic E-state index is -0.550. The molecule has 7 nitrogen and oxygen atoms in total. The Morgan fingerprint density at radius 3 is 2.83 bits per heavy atom. The van der Waals surface area contributed by atoms with Gasteiger partial charge in [0.15, 0.2) is 11.0 Å². The lowest BCUT2D eigenvalue weighted by Crippen LogP contribution is -2.22. The summed E-state index contributed by atoms with van der Waals surface area (Å²) >= 11 is 7.30. The molecular weight excluding hydrogens is 427 g/mol. The van der Waals surface area contributed by atoms with Crippen LogP contribution in [0.3, 0.4) is 0 Å². The van der Waals surface area contributed by atoms with Crippen LogP contribution in [0.1, 0.15) is 25.6 Å². The number of benzene rings is 2. The highest BCUT2D eigenvalue weighted by atomic mass is 35.5. The van der Waals surface area contributed by atoms with Crippen LogP contribution >= 0.6 is 23.4 Å². The molecule has 30 heavy (non-hydrogen) atoms. The lowest BCUT2D eigenvalue weighted by atomic mass is 10.2. The molecule has 2 heterocycles. The number of aromatic nitrogens is 6. The molecule has 2 aromatic carbocycles. The van der Waals surface area contributed by atoms with Gasteiger partial charge >= 0.3 is 0 Å². The molecule has 0 unspecified atom stereocenters. The maximum Gasteiger partial charge on any atom is 0.266 e. The highest BCUT2D eigenvalue weighted by Crippen LogP contribution is 2.26. The minimum Gasteiger partial charge on any atom is -0.268 e. The number of halogens is 2. The maximum atomic E-state index is 13.7. The monoisotopic (exact) mass is 444 g/mol. The third kappa shape index (κ3) is 4.08. The van der Waals surface area contributed by atoms with Gasteiger partial charge in [-0.1, -0.05) is 48.8 Å². The largest absolute Gasteiger partial charge is 0.268 e. The molecule has 0 radical (unpaired) electrons. The number of tetrazole rings is 1. The number of para-hydroxylation sites is 1. The van der Waals surface area contributed by atoms with Gasteiger partial charge in [0, 0.05) is 6.54 Å². The minimum absolute atomic E-state index is 0.0629. The molecule has 4 aromatic rings. The fourth-order valence-corrected chi connectivity index (χ4v) is 4.12. The Morgan fingerprint density at radius 1 is 1.20 bits per heavy atom. The molecule has 0 aliphatic rings. The van der Waals surface area contributed by atoms with E-state index in [4.69, 9.17) is 11.6 Å². The molecule has 154 valence electrons. The molecule has 0 saturated heterocycles.